The molecule has 0 saturated heterocycles. The minimum Gasteiger partial charge on any atom is -0.497 e. The zero-order valence-corrected chi connectivity index (χ0v) is 17.7. The SMILES string of the molecule is COc1ccc(C(=O)c2ccc(C=O)c(OC)c2C(=O)c2ccc(OC(C)=O)cc2)cc1. The molecule has 0 aliphatic heterocycles. The van der Waals surface area contributed by atoms with Gasteiger partial charge in [-0.15, -0.1) is 0 Å². The maximum absolute atomic E-state index is 13.4. The lowest BCUT2D eigenvalue weighted by molar-refractivity contribution is -0.131. The number of hydrogen-bond acceptors (Lipinski definition) is 7. The van der Waals surface area contributed by atoms with E-state index in [1.54, 1.807) is 24.3 Å². The molecule has 7 heteroatoms. The van der Waals surface area contributed by atoms with Crippen molar-refractivity contribution >= 4 is 23.8 Å². The molecule has 0 saturated carbocycles. The van der Waals surface area contributed by atoms with Gasteiger partial charge in [-0.1, -0.05) is 0 Å². The summed E-state index contributed by atoms with van der Waals surface area (Å²) in [5.41, 5.74) is 0.764. The first-order valence-corrected chi connectivity index (χ1v) is 9.57. The fourth-order valence-corrected chi connectivity index (χ4v) is 3.21. The standard InChI is InChI=1S/C25H20O7/c1-15(27)32-20-11-6-17(7-12-20)24(29)22-21(13-8-18(14-26)25(22)31-3)23(28)16-4-9-19(30-2)10-5-16/h4-14H,1-3H3. The second-order valence-corrected chi connectivity index (χ2v) is 6.73. The fraction of sp³-hybridized carbons (Fsp3) is 0.120. The fourth-order valence-electron chi connectivity index (χ4n) is 3.21. The van der Waals surface area contributed by atoms with Crippen LogP contribution < -0.4 is 14.2 Å². The minimum atomic E-state index is -0.517. The second kappa shape index (κ2) is 9.70. The molecule has 0 unspecified atom stereocenters. The van der Waals surface area contributed by atoms with E-state index in [1.165, 1.54) is 57.5 Å². The molecule has 7 nitrogen and oxygen atoms in total. The number of methoxy groups -OCH3 is 2. The summed E-state index contributed by atoms with van der Waals surface area (Å²) < 4.78 is 15.5. The summed E-state index contributed by atoms with van der Waals surface area (Å²) in [7, 11) is 2.84. The molecule has 0 radical (unpaired) electrons. The molecule has 162 valence electrons. The van der Waals surface area contributed by atoms with Crippen molar-refractivity contribution in [2.45, 2.75) is 6.92 Å². The molecule has 3 rings (SSSR count). The summed E-state index contributed by atoms with van der Waals surface area (Å²) in [6, 6.07) is 15.2. The topological polar surface area (TPSA) is 96.0 Å². The third-order valence-electron chi connectivity index (χ3n) is 4.72. The minimum absolute atomic E-state index is 0.00780. The molecular weight excluding hydrogens is 412 g/mol. The second-order valence-electron chi connectivity index (χ2n) is 6.73. The van der Waals surface area contributed by atoms with Crippen LogP contribution in [-0.2, 0) is 4.79 Å². The summed E-state index contributed by atoms with van der Waals surface area (Å²) in [5.74, 6) is -0.554. The van der Waals surface area contributed by atoms with E-state index in [-0.39, 0.29) is 33.8 Å². The number of ether oxygens (including phenoxy) is 3. The van der Waals surface area contributed by atoms with Crippen molar-refractivity contribution in [1.29, 1.82) is 0 Å². The number of rotatable bonds is 8. The van der Waals surface area contributed by atoms with Gasteiger partial charge in [0.1, 0.15) is 17.2 Å². The smallest absolute Gasteiger partial charge is 0.308 e. The van der Waals surface area contributed by atoms with Crippen LogP contribution in [0.25, 0.3) is 0 Å². The van der Waals surface area contributed by atoms with Crippen LogP contribution in [0.1, 0.15) is 49.1 Å². The Morgan fingerprint density at radius 3 is 1.78 bits per heavy atom. The number of aldehydes is 1. The Morgan fingerprint density at radius 2 is 1.28 bits per heavy atom. The Bertz CT molecular complexity index is 1180. The molecule has 32 heavy (non-hydrogen) atoms. The van der Waals surface area contributed by atoms with Crippen molar-refractivity contribution in [1.82, 2.24) is 0 Å². The molecule has 0 fully saturated rings. The predicted octanol–water partition coefficient (Wildman–Crippen LogP) is 3.90. The highest BCUT2D eigenvalue weighted by molar-refractivity contribution is 6.21. The van der Waals surface area contributed by atoms with Crippen LogP contribution in [0, 0.1) is 0 Å². The van der Waals surface area contributed by atoms with Crippen LogP contribution in [0.4, 0.5) is 0 Å². The average Bonchev–Trinajstić information content (AvgIpc) is 2.82. The molecular formula is C25H20O7. The number of hydrogen-bond donors (Lipinski definition) is 0. The van der Waals surface area contributed by atoms with E-state index >= 15 is 0 Å². The summed E-state index contributed by atoms with van der Waals surface area (Å²) in [6.07, 6.45) is 0.557. The van der Waals surface area contributed by atoms with E-state index in [0.717, 1.165) is 0 Å². The summed E-state index contributed by atoms with van der Waals surface area (Å²) in [4.78, 5) is 49.3. The van der Waals surface area contributed by atoms with Crippen LogP contribution in [0.3, 0.4) is 0 Å². The van der Waals surface area contributed by atoms with Crippen LogP contribution in [0.15, 0.2) is 60.7 Å². The number of ketones is 2. The first-order valence-electron chi connectivity index (χ1n) is 9.57. The summed E-state index contributed by atoms with van der Waals surface area (Å²) in [5, 5.41) is 0. The Hall–Kier alpha value is -4.26. The van der Waals surface area contributed by atoms with Gasteiger partial charge in [-0.25, -0.2) is 0 Å². The lowest BCUT2D eigenvalue weighted by atomic mass is 9.90. The van der Waals surface area contributed by atoms with E-state index in [9.17, 15) is 19.2 Å². The molecule has 0 spiro atoms. The molecule has 3 aromatic rings. The van der Waals surface area contributed by atoms with Gasteiger partial charge in [0, 0.05) is 23.6 Å². The number of benzene rings is 3. The van der Waals surface area contributed by atoms with E-state index < -0.39 is 17.5 Å². The maximum Gasteiger partial charge on any atom is 0.308 e. The zero-order chi connectivity index (χ0) is 23.3. The highest BCUT2D eigenvalue weighted by Gasteiger charge is 2.26. The van der Waals surface area contributed by atoms with Crippen molar-refractivity contribution < 1.29 is 33.4 Å². The van der Waals surface area contributed by atoms with Crippen LogP contribution >= 0.6 is 0 Å². The molecule has 0 aromatic heterocycles. The number of esters is 1. The number of carbonyl (C=O) groups is 4. The monoisotopic (exact) mass is 432 g/mol. The molecule has 0 heterocycles. The maximum atomic E-state index is 13.4. The summed E-state index contributed by atoms with van der Waals surface area (Å²) >= 11 is 0. The highest BCUT2D eigenvalue weighted by atomic mass is 16.5. The van der Waals surface area contributed by atoms with Crippen LogP contribution in [0.2, 0.25) is 0 Å². The van der Waals surface area contributed by atoms with Crippen LogP contribution in [0.5, 0.6) is 17.2 Å². The molecule has 0 atom stereocenters. The predicted molar refractivity (Wildman–Crippen MR) is 116 cm³/mol. The highest BCUT2D eigenvalue weighted by Crippen LogP contribution is 2.31. The van der Waals surface area contributed by atoms with Crippen molar-refractivity contribution in [2.24, 2.45) is 0 Å². The van der Waals surface area contributed by atoms with Gasteiger partial charge in [-0.05, 0) is 60.7 Å². The van der Waals surface area contributed by atoms with Crippen molar-refractivity contribution in [3.05, 3.63) is 88.5 Å². The van der Waals surface area contributed by atoms with E-state index in [4.69, 9.17) is 14.2 Å². The average molecular weight is 432 g/mol. The van der Waals surface area contributed by atoms with Gasteiger partial charge < -0.3 is 14.2 Å². The molecule has 0 bridgehead atoms. The molecule has 0 aliphatic rings. The third kappa shape index (κ3) is 4.57. The largest absolute Gasteiger partial charge is 0.497 e. The molecule has 0 N–H and O–H groups in total. The molecule has 0 aliphatic carbocycles. The normalized spacial score (nSPS) is 10.2. The Morgan fingerprint density at radius 1 is 0.719 bits per heavy atom. The van der Waals surface area contributed by atoms with E-state index in [1.807, 2.05) is 0 Å². The lowest BCUT2D eigenvalue weighted by Crippen LogP contribution is -2.14. The Balaban J connectivity index is 2.11. The van der Waals surface area contributed by atoms with Gasteiger partial charge in [0.15, 0.2) is 17.9 Å². The van der Waals surface area contributed by atoms with Gasteiger partial charge in [0.05, 0.1) is 25.3 Å². The molecule has 3 aromatic carbocycles. The van der Waals surface area contributed by atoms with Crippen molar-refractivity contribution in [3.63, 3.8) is 0 Å². The van der Waals surface area contributed by atoms with E-state index in [2.05, 4.69) is 0 Å². The van der Waals surface area contributed by atoms with Crippen molar-refractivity contribution in [2.75, 3.05) is 14.2 Å². The lowest BCUT2D eigenvalue weighted by Gasteiger charge is -2.15. The van der Waals surface area contributed by atoms with E-state index in [0.29, 0.717) is 17.6 Å². The molecule has 0 amide bonds. The Labute approximate surface area is 184 Å². The zero-order valence-electron chi connectivity index (χ0n) is 17.7. The van der Waals surface area contributed by atoms with Gasteiger partial charge in [0.25, 0.3) is 0 Å². The first-order chi connectivity index (χ1) is 15.4. The van der Waals surface area contributed by atoms with Crippen molar-refractivity contribution in [3.8, 4) is 17.2 Å². The summed E-state index contributed by atoms with van der Waals surface area (Å²) in [6.45, 7) is 1.27. The third-order valence-corrected chi connectivity index (χ3v) is 4.72. The van der Waals surface area contributed by atoms with Gasteiger partial charge >= 0.3 is 5.97 Å². The number of carbonyl (C=O) groups excluding carboxylic acids is 4. The Kier molecular flexibility index (Phi) is 6.80. The van der Waals surface area contributed by atoms with Gasteiger partial charge in [-0.2, -0.15) is 0 Å². The first kappa shape index (κ1) is 22.4. The van der Waals surface area contributed by atoms with Gasteiger partial charge in [0.2, 0.25) is 0 Å². The van der Waals surface area contributed by atoms with Gasteiger partial charge in [-0.3, -0.25) is 19.2 Å². The van der Waals surface area contributed by atoms with Crippen LogP contribution in [-0.4, -0.2) is 38.0 Å². The quantitative estimate of drug-likeness (QED) is 0.230.